The molecule has 2 heterocycles. The Morgan fingerprint density at radius 3 is 2.71 bits per heavy atom. The molecule has 0 aromatic heterocycles. The Bertz CT molecular complexity index is 335. The Morgan fingerprint density at radius 2 is 2.00 bits per heavy atom. The number of ether oxygens (including phenoxy) is 2. The molecule has 3 atom stereocenters. The lowest BCUT2D eigenvalue weighted by Crippen LogP contribution is -2.62. The predicted molar refractivity (Wildman–Crippen MR) is 83.4 cm³/mol. The molecule has 3 aliphatic rings. The number of likely N-dealkylation sites (tertiary alicyclic amines) is 1. The minimum Gasteiger partial charge on any atom is -0.379 e. The van der Waals surface area contributed by atoms with Crippen molar-refractivity contribution >= 4 is 0 Å². The molecule has 0 aromatic carbocycles. The number of hydrogen-bond donors (Lipinski definition) is 1. The Hall–Kier alpha value is -0.200. The van der Waals surface area contributed by atoms with E-state index in [1.807, 2.05) is 7.11 Å². The van der Waals surface area contributed by atoms with Crippen molar-refractivity contribution in [3.8, 4) is 0 Å². The molecule has 1 saturated carbocycles. The van der Waals surface area contributed by atoms with Crippen LogP contribution in [0, 0.1) is 0 Å². The summed E-state index contributed by atoms with van der Waals surface area (Å²) < 4.78 is 11.3. The molecule has 3 unspecified atom stereocenters. The number of rotatable bonds is 4. The summed E-state index contributed by atoms with van der Waals surface area (Å²) in [6.07, 6.45) is 6.49. The van der Waals surface area contributed by atoms with E-state index in [2.05, 4.69) is 9.80 Å². The minimum atomic E-state index is 0.0774. The van der Waals surface area contributed by atoms with E-state index in [-0.39, 0.29) is 5.54 Å². The lowest BCUT2D eigenvalue weighted by Gasteiger charge is -2.49. The smallest absolute Gasteiger partial charge is 0.0767 e. The number of methoxy groups -OCH3 is 1. The number of hydrogen-bond acceptors (Lipinski definition) is 5. The van der Waals surface area contributed by atoms with E-state index >= 15 is 0 Å². The SMILES string of the molecule is COC1CCCCC1(CN)N1CCC(N2CCOCC2)C1. The van der Waals surface area contributed by atoms with Gasteiger partial charge in [-0.15, -0.1) is 0 Å². The summed E-state index contributed by atoms with van der Waals surface area (Å²) in [6.45, 7) is 6.99. The Kier molecular flexibility index (Phi) is 5.17. The van der Waals surface area contributed by atoms with Crippen molar-refractivity contribution in [1.82, 2.24) is 9.80 Å². The molecule has 21 heavy (non-hydrogen) atoms. The van der Waals surface area contributed by atoms with Crippen molar-refractivity contribution in [1.29, 1.82) is 0 Å². The highest BCUT2D eigenvalue weighted by Crippen LogP contribution is 2.37. The normalized spacial score (nSPS) is 39.7. The first kappa shape index (κ1) is 15.7. The van der Waals surface area contributed by atoms with Gasteiger partial charge in [-0.05, 0) is 19.3 Å². The number of nitrogens with two attached hydrogens (primary N) is 1. The van der Waals surface area contributed by atoms with Crippen LogP contribution in [0.1, 0.15) is 32.1 Å². The van der Waals surface area contributed by atoms with Crippen LogP contribution >= 0.6 is 0 Å². The van der Waals surface area contributed by atoms with Crippen LogP contribution < -0.4 is 5.73 Å². The van der Waals surface area contributed by atoms with Crippen molar-refractivity contribution < 1.29 is 9.47 Å². The molecule has 0 bridgehead atoms. The van der Waals surface area contributed by atoms with Crippen LogP contribution in [0.25, 0.3) is 0 Å². The van der Waals surface area contributed by atoms with Crippen LogP contribution in [0.15, 0.2) is 0 Å². The molecule has 0 aromatic rings. The predicted octanol–water partition coefficient (Wildman–Crippen LogP) is 0.679. The van der Waals surface area contributed by atoms with Gasteiger partial charge >= 0.3 is 0 Å². The molecule has 2 saturated heterocycles. The van der Waals surface area contributed by atoms with Gasteiger partial charge in [-0.1, -0.05) is 12.8 Å². The average molecular weight is 297 g/mol. The van der Waals surface area contributed by atoms with Gasteiger partial charge in [0.25, 0.3) is 0 Å². The van der Waals surface area contributed by atoms with Gasteiger partial charge in [0.1, 0.15) is 0 Å². The second kappa shape index (κ2) is 6.92. The standard InChI is InChI=1S/C16H31N3O2/c1-20-15-4-2-3-6-16(15,13-17)19-7-5-14(12-19)18-8-10-21-11-9-18/h14-15H,2-13,17H2,1H3. The molecular weight excluding hydrogens is 266 g/mol. The molecule has 0 radical (unpaired) electrons. The second-order valence-corrected chi connectivity index (χ2v) is 6.81. The van der Waals surface area contributed by atoms with E-state index in [4.69, 9.17) is 15.2 Å². The van der Waals surface area contributed by atoms with E-state index in [9.17, 15) is 0 Å². The lowest BCUT2D eigenvalue weighted by atomic mass is 9.77. The summed E-state index contributed by atoms with van der Waals surface area (Å²) in [5.41, 5.74) is 6.33. The molecule has 0 amide bonds. The monoisotopic (exact) mass is 297 g/mol. The highest BCUT2D eigenvalue weighted by Gasteiger charge is 2.47. The Labute approximate surface area is 128 Å². The van der Waals surface area contributed by atoms with Gasteiger partial charge in [-0.25, -0.2) is 0 Å². The van der Waals surface area contributed by atoms with Crippen LogP contribution in [0.4, 0.5) is 0 Å². The van der Waals surface area contributed by atoms with Gasteiger partial charge in [0.05, 0.1) is 24.9 Å². The summed E-state index contributed by atoms with van der Waals surface area (Å²) in [6, 6.07) is 0.678. The van der Waals surface area contributed by atoms with Crippen molar-refractivity contribution in [2.75, 3.05) is 53.0 Å². The van der Waals surface area contributed by atoms with E-state index in [1.54, 1.807) is 0 Å². The zero-order valence-corrected chi connectivity index (χ0v) is 13.4. The minimum absolute atomic E-state index is 0.0774. The van der Waals surface area contributed by atoms with Crippen molar-refractivity contribution in [2.45, 2.75) is 49.8 Å². The summed E-state index contributed by atoms with van der Waals surface area (Å²) in [4.78, 5) is 5.26. The van der Waals surface area contributed by atoms with Crippen molar-refractivity contribution in [2.24, 2.45) is 5.73 Å². The van der Waals surface area contributed by atoms with Gasteiger partial charge in [0.15, 0.2) is 0 Å². The van der Waals surface area contributed by atoms with E-state index in [1.165, 1.54) is 32.2 Å². The highest BCUT2D eigenvalue weighted by atomic mass is 16.5. The summed E-state index contributed by atoms with van der Waals surface area (Å²) in [5.74, 6) is 0. The van der Waals surface area contributed by atoms with Crippen LogP contribution in [-0.2, 0) is 9.47 Å². The molecule has 5 heteroatoms. The largest absolute Gasteiger partial charge is 0.379 e. The van der Waals surface area contributed by atoms with E-state index in [0.717, 1.165) is 45.8 Å². The highest BCUT2D eigenvalue weighted by molar-refractivity contribution is 5.04. The van der Waals surface area contributed by atoms with Gasteiger partial charge in [-0.3, -0.25) is 9.80 Å². The molecule has 3 rings (SSSR count). The lowest BCUT2D eigenvalue weighted by molar-refractivity contribution is -0.0702. The van der Waals surface area contributed by atoms with E-state index in [0.29, 0.717) is 12.1 Å². The quantitative estimate of drug-likeness (QED) is 0.827. The molecule has 2 N–H and O–H groups in total. The zero-order valence-electron chi connectivity index (χ0n) is 13.4. The Balaban J connectivity index is 1.67. The molecule has 122 valence electrons. The first-order valence-corrected chi connectivity index (χ1v) is 8.60. The fourth-order valence-corrected chi connectivity index (χ4v) is 4.64. The third-order valence-corrected chi connectivity index (χ3v) is 5.92. The molecule has 3 fully saturated rings. The van der Waals surface area contributed by atoms with Gasteiger partial charge in [-0.2, -0.15) is 0 Å². The van der Waals surface area contributed by atoms with Gasteiger partial charge in [0, 0.05) is 45.9 Å². The van der Waals surface area contributed by atoms with Crippen LogP contribution in [0.3, 0.4) is 0 Å². The maximum atomic E-state index is 6.25. The van der Waals surface area contributed by atoms with Gasteiger partial charge < -0.3 is 15.2 Å². The number of nitrogens with zero attached hydrogens (tertiary/aromatic N) is 2. The maximum absolute atomic E-state index is 6.25. The summed E-state index contributed by atoms with van der Waals surface area (Å²) in [5, 5.41) is 0. The first-order valence-electron chi connectivity index (χ1n) is 8.60. The molecule has 1 aliphatic carbocycles. The summed E-state index contributed by atoms with van der Waals surface area (Å²) >= 11 is 0. The molecule has 0 spiro atoms. The van der Waals surface area contributed by atoms with Crippen molar-refractivity contribution in [3.05, 3.63) is 0 Å². The fraction of sp³-hybridized carbons (Fsp3) is 1.00. The molecule has 2 aliphatic heterocycles. The summed E-state index contributed by atoms with van der Waals surface area (Å²) in [7, 11) is 1.86. The first-order chi connectivity index (χ1) is 10.3. The average Bonchev–Trinajstić information content (AvgIpc) is 3.06. The fourth-order valence-electron chi connectivity index (χ4n) is 4.64. The third-order valence-electron chi connectivity index (χ3n) is 5.92. The van der Waals surface area contributed by atoms with Crippen LogP contribution in [0.2, 0.25) is 0 Å². The maximum Gasteiger partial charge on any atom is 0.0767 e. The number of morpholine rings is 1. The Morgan fingerprint density at radius 1 is 1.19 bits per heavy atom. The van der Waals surface area contributed by atoms with E-state index < -0.39 is 0 Å². The third kappa shape index (κ3) is 2.99. The molecular formula is C16H31N3O2. The second-order valence-electron chi connectivity index (χ2n) is 6.81. The van der Waals surface area contributed by atoms with Gasteiger partial charge in [0.2, 0.25) is 0 Å². The van der Waals surface area contributed by atoms with Crippen molar-refractivity contribution in [3.63, 3.8) is 0 Å². The van der Waals surface area contributed by atoms with Crippen LogP contribution in [0.5, 0.6) is 0 Å². The zero-order chi connectivity index (χ0) is 14.7. The molecule has 5 nitrogen and oxygen atoms in total. The topological polar surface area (TPSA) is 51.0 Å². The van der Waals surface area contributed by atoms with Crippen LogP contribution in [-0.4, -0.2) is 80.5 Å².